The molecule has 9 heteroatoms. The Morgan fingerprint density at radius 3 is 2.24 bits per heavy atom. The van der Waals surface area contributed by atoms with E-state index in [2.05, 4.69) is 23.3 Å². The lowest BCUT2D eigenvalue weighted by Crippen LogP contribution is -2.32. The van der Waals surface area contributed by atoms with Gasteiger partial charge in [0, 0.05) is 10.5 Å². The van der Waals surface area contributed by atoms with Crippen LogP contribution >= 0.6 is 12.6 Å². The highest BCUT2D eigenvalue weighted by Gasteiger charge is 2.34. The molecule has 0 radical (unpaired) electrons. The van der Waals surface area contributed by atoms with Gasteiger partial charge in [-0.05, 0) is 42.3 Å². The highest BCUT2D eigenvalue weighted by Crippen LogP contribution is 2.30. The maximum atomic E-state index is 13.2. The van der Waals surface area contributed by atoms with Gasteiger partial charge in [-0.15, -0.1) is 12.6 Å². The van der Waals surface area contributed by atoms with Crippen LogP contribution < -0.4 is 10.6 Å². The summed E-state index contributed by atoms with van der Waals surface area (Å²) in [4.78, 5) is 25.2. The molecule has 1 atom stereocenters. The van der Waals surface area contributed by atoms with E-state index < -0.39 is 30.6 Å². The summed E-state index contributed by atoms with van der Waals surface area (Å²) in [5, 5.41) is 4.97. The Kier molecular flexibility index (Phi) is 8.22. The lowest BCUT2D eigenvalue weighted by Gasteiger charge is -2.21. The van der Waals surface area contributed by atoms with Gasteiger partial charge in [-0.3, -0.25) is 4.79 Å². The first-order valence-electron chi connectivity index (χ1n) is 10.4. The van der Waals surface area contributed by atoms with E-state index in [0.29, 0.717) is 16.1 Å². The fourth-order valence-electron chi connectivity index (χ4n) is 3.14. The van der Waals surface area contributed by atoms with Crippen LogP contribution in [0.2, 0.25) is 0 Å². The number of hydrogen-bond donors (Lipinski definition) is 3. The molecular weight excluding hydrogens is 465 g/mol. The van der Waals surface area contributed by atoms with Crippen molar-refractivity contribution in [2.75, 3.05) is 5.32 Å². The van der Waals surface area contributed by atoms with Crippen molar-refractivity contribution in [3.05, 3.63) is 95.1 Å². The molecule has 2 N–H and O–H groups in total. The van der Waals surface area contributed by atoms with Gasteiger partial charge in [0.05, 0.1) is 18.2 Å². The van der Waals surface area contributed by atoms with Gasteiger partial charge in [0.2, 0.25) is 0 Å². The SMILES string of the molecule is Cc1ccc(COC(=O)N[C@H](CC(F)(F)F)c2ccc(C(=O)Nc3ccccc3S)cc2)cc1. The number of nitrogens with one attached hydrogen (secondary N) is 2. The highest BCUT2D eigenvalue weighted by molar-refractivity contribution is 7.80. The minimum Gasteiger partial charge on any atom is -0.445 e. The van der Waals surface area contributed by atoms with Crippen LogP contribution in [0.25, 0.3) is 0 Å². The Balaban J connectivity index is 1.67. The predicted molar refractivity (Wildman–Crippen MR) is 126 cm³/mol. The fraction of sp³-hybridized carbons (Fsp3) is 0.200. The monoisotopic (exact) mass is 488 g/mol. The summed E-state index contributed by atoms with van der Waals surface area (Å²) in [6.07, 6.45) is -6.78. The molecule has 0 saturated heterocycles. The third-order valence-electron chi connectivity index (χ3n) is 4.95. The van der Waals surface area contributed by atoms with Gasteiger partial charge in [-0.2, -0.15) is 13.2 Å². The molecule has 3 aromatic rings. The largest absolute Gasteiger partial charge is 0.445 e. The number of hydrogen-bond acceptors (Lipinski definition) is 4. The molecule has 3 aromatic carbocycles. The average molecular weight is 489 g/mol. The lowest BCUT2D eigenvalue weighted by molar-refractivity contribution is -0.140. The molecule has 0 aliphatic heterocycles. The molecule has 5 nitrogen and oxygen atoms in total. The molecule has 0 saturated carbocycles. The summed E-state index contributed by atoms with van der Waals surface area (Å²) >= 11 is 4.27. The van der Waals surface area contributed by atoms with Gasteiger partial charge < -0.3 is 15.4 Å². The van der Waals surface area contributed by atoms with Crippen molar-refractivity contribution >= 4 is 30.3 Å². The third-order valence-corrected chi connectivity index (χ3v) is 5.34. The lowest BCUT2D eigenvalue weighted by atomic mass is 10.0. The van der Waals surface area contributed by atoms with E-state index in [1.54, 1.807) is 36.4 Å². The number of carbonyl (C=O) groups excluding carboxylic acids is 2. The molecular formula is C25H23F3N2O3S. The zero-order valence-corrected chi connectivity index (χ0v) is 19.1. The van der Waals surface area contributed by atoms with E-state index in [-0.39, 0.29) is 17.7 Å². The number of halogens is 3. The van der Waals surface area contributed by atoms with Crippen LogP contribution in [0, 0.1) is 6.92 Å². The second-order valence-electron chi connectivity index (χ2n) is 7.67. The molecule has 34 heavy (non-hydrogen) atoms. The van der Waals surface area contributed by atoms with Crippen LogP contribution in [0.5, 0.6) is 0 Å². The second kappa shape index (κ2) is 11.1. The third kappa shape index (κ3) is 7.55. The maximum Gasteiger partial charge on any atom is 0.407 e. The van der Waals surface area contributed by atoms with Crippen LogP contribution in [-0.2, 0) is 11.3 Å². The minimum absolute atomic E-state index is 0.0728. The van der Waals surface area contributed by atoms with Gasteiger partial charge in [0.25, 0.3) is 5.91 Å². The van der Waals surface area contributed by atoms with Crippen LogP contribution in [0.4, 0.5) is 23.7 Å². The quantitative estimate of drug-likeness (QED) is 0.335. The van der Waals surface area contributed by atoms with E-state index in [1.807, 2.05) is 19.1 Å². The smallest absolute Gasteiger partial charge is 0.407 e. The number of ether oxygens (including phenoxy) is 1. The van der Waals surface area contributed by atoms with Crippen LogP contribution in [0.3, 0.4) is 0 Å². The van der Waals surface area contributed by atoms with Crippen molar-refractivity contribution in [1.29, 1.82) is 0 Å². The Hall–Kier alpha value is -3.46. The number of rotatable bonds is 7. The standard InChI is InChI=1S/C25H23F3N2O3S/c1-16-6-8-17(9-7-16)15-33-24(32)30-21(14-25(26,27)28)18-10-12-19(13-11-18)23(31)29-20-4-2-3-5-22(20)34/h2-13,21,34H,14-15H2,1H3,(H,29,31)(H,30,32)/t21-/m1/s1. The van der Waals surface area contributed by atoms with Crippen LogP contribution in [0.15, 0.2) is 77.7 Å². The first-order valence-corrected chi connectivity index (χ1v) is 10.8. The van der Waals surface area contributed by atoms with E-state index in [4.69, 9.17) is 4.74 Å². The molecule has 0 aliphatic rings. The molecule has 178 valence electrons. The van der Waals surface area contributed by atoms with Crippen molar-refractivity contribution < 1.29 is 27.5 Å². The molecule has 0 heterocycles. The molecule has 0 aromatic heterocycles. The first-order chi connectivity index (χ1) is 16.1. The highest BCUT2D eigenvalue weighted by atomic mass is 32.1. The summed E-state index contributed by atoms with van der Waals surface area (Å²) < 4.78 is 44.5. The minimum atomic E-state index is -4.53. The molecule has 0 fully saturated rings. The van der Waals surface area contributed by atoms with Crippen molar-refractivity contribution in [3.63, 3.8) is 0 Å². The fourth-order valence-corrected chi connectivity index (χ4v) is 3.36. The van der Waals surface area contributed by atoms with Gasteiger partial charge >= 0.3 is 12.3 Å². The Morgan fingerprint density at radius 2 is 1.62 bits per heavy atom. The zero-order valence-electron chi connectivity index (χ0n) is 18.2. The summed E-state index contributed by atoms with van der Waals surface area (Å²) in [5.41, 5.74) is 2.69. The van der Waals surface area contributed by atoms with E-state index in [1.165, 1.54) is 24.3 Å². The number of aryl methyl sites for hydroxylation is 1. The number of alkyl halides is 3. The van der Waals surface area contributed by atoms with Gasteiger partial charge in [0.15, 0.2) is 0 Å². The number of carbonyl (C=O) groups is 2. The summed E-state index contributed by atoms with van der Waals surface area (Å²) in [7, 11) is 0. The maximum absolute atomic E-state index is 13.2. The Labute approximate surface area is 200 Å². The van der Waals surface area contributed by atoms with Crippen molar-refractivity contribution in [2.45, 2.75) is 37.1 Å². The van der Waals surface area contributed by atoms with Gasteiger partial charge in [-0.25, -0.2) is 4.79 Å². The average Bonchev–Trinajstić information content (AvgIpc) is 2.79. The Bertz CT molecular complexity index is 1130. The molecule has 0 aliphatic carbocycles. The molecule has 0 spiro atoms. The van der Waals surface area contributed by atoms with E-state index >= 15 is 0 Å². The van der Waals surface area contributed by atoms with Crippen LogP contribution in [0.1, 0.15) is 39.5 Å². The van der Waals surface area contributed by atoms with Crippen LogP contribution in [-0.4, -0.2) is 18.2 Å². The van der Waals surface area contributed by atoms with Gasteiger partial charge in [-0.1, -0.05) is 54.1 Å². The predicted octanol–water partition coefficient (Wildman–Crippen LogP) is 6.46. The summed E-state index contributed by atoms with van der Waals surface area (Å²) in [6, 6.07) is 18.3. The first kappa shape index (κ1) is 25.2. The number of thiol groups is 1. The zero-order chi connectivity index (χ0) is 24.7. The topological polar surface area (TPSA) is 67.4 Å². The van der Waals surface area contributed by atoms with Crippen molar-refractivity contribution in [3.8, 4) is 0 Å². The Morgan fingerprint density at radius 1 is 0.971 bits per heavy atom. The van der Waals surface area contributed by atoms with E-state index in [0.717, 1.165) is 5.56 Å². The summed E-state index contributed by atoms with van der Waals surface area (Å²) in [5.74, 6) is -0.439. The molecule has 0 bridgehead atoms. The number of para-hydroxylation sites is 1. The van der Waals surface area contributed by atoms with Gasteiger partial charge in [0.1, 0.15) is 6.61 Å². The normalized spacial score (nSPS) is 12.0. The van der Waals surface area contributed by atoms with Crippen molar-refractivity contribution in [1.82, 2.24) is 5.32 Å². The number of amides is 2. The number of benzene rings is 3. The molecule has 3 rings (SSSR count). The van der Waals surface area contributed by atoms with Crippen molar-refractivity contribution in [2.24, 2.45) is 0 Å². The second-order valence-corrected chi connectivity index (χ2v) is 8.15. The number of anilines is 1. The summed E-state index contributed by atoms with van der Waals surface area (Å²) in [6.45, 7) is 1.84. The van der Waals surface area contributed by atoms with E-state index in [9.17, 15) is 22.8 Å². The molecule has 0 unspecified atom stereocenters. The molecule has 2 amide bonds. The number of alkyl carbamates (subject to hydrolysis) is 1.